The normalized spacial score (nSPS) is 16.4. The molecule has 1 heterocycles. The van der Waals surface area contributed by atoms with Gasteiger partial charge >= 0.3 is 0 Å². The molecule has 19 heavy (non-hydrogen) atoms. The molecule has 1 nitrogen and oxygen atoms in total. The first kappa shape index (κ1) is 13.1. The van der Waals surface area contributed by atoms with E-state index < -0.39 is 0 Å². The van der Waals surface area contributed by atoms with Crippen LogP contribution in [0, 0.1) is 5.92 Å². The van der Waals surface area contributed by atoms with E-state index in [1.807, 2.05) is 11.3 Å². The molecule has 0 atom stereocenters. The van der Waals surface area contributed by atoms with Crippen LogP contribution in [0.2, 0.25) is 0 Å². The lowest BCUT2D eigenvalue weighted by molar-refractivity contribution is 0.470. The smallest absolute Gasteiger partial charge is 0.0346 e. The summed E-state index contributed by atoms with van der Waals surface area (Å²) >= 11 is 1.86. The lowest BCUT2D eigenvalue weighted by Crippen LogP contribution is -2.15. The average molecular weight is 273 g/mol. The molecule has 0 radical (unpaired) electrons. The third-order valence-corrected chi connectivity index (χ3v) is 5.33. The molecule has 0 unspecified atom stereocenters. The van der Waals surface area contributed by atoms with Gasteiger partial charge in [0, 0.05) is 11.2 Å². The highest BCUT2D eigenvalue weighted by Gasteiger charge is 2.13. The molecule has 1 aliphatic rings. The highest BCUT2D eigenvalue weighted by atomic mass is 32.1. The molecule has 1 aromatic carbocycles. The van der Waals surface area contributed by atoms with Crippen molar-refractivity contribution in [1.82, 2.24) is 5.32 Å². The fourth-order valence-electron chi connectivity index (χ4n) is 3.21. The molecule has 0 aliphatic heterocycles. The predicted octanol–water partition coefficient (Wildman–Crippen LogP) is 4.96. The van der Waals surface area contributed by atoms with Crippen molar-refractivity contribution >= 4 is 21.4 Å². The Bertz CT molecular complexity index is 511. The second-order valence-corrected chi connectivity index (χ2v) is 6.64. The van der Waals surface area contributed by atoms with Gasteiger partial charge in [-0.3, -0.25) is 0 Å². The van der Waals surface area contributed by atoms with Gasteiger partial charge in [-0.1, -0.05) is 43.9 Å². The molecule has 1 aliphatic carbocycles. The van der Waals surface area contributed by atoms with Gasteiger partial charge in [-0.15, -0.1) is 11.3 Å². The zero-order chi connectivity index (χ0) is 12.9. The Balaban J connectivity index is 1.42. The van der Waals surface area contributed by atoms with E-state index in [0.717, 1.165) is 12.5 Å². The van der Waals surface area contributed by atoms with Crippen molar-refractivity contribution in [2.75, 3.05) is 6.54 Å². The van der Waals surface area contributed by atoms with Crippen LogP contribution in [0.1, 0.15) is 44.1 Å². The molecule has 2 aromatic rings. The van der Waals surface area contributed by atoms with Crippen LogP contribution in [0.3, 0.4) is 0 Å². The fourth-order valence-corrected chi connectivity index (χ4v) is 4.17. The van der Waals surface area contributed by atoms with E-state index in [0.29, 0.717) is 0 Å². The molecule has 102 valence electrons. The van der Waals surface area contributed by atoms with Crippen LogP contribution in [-0.4, -0.2) is 6.54 Å². The summed E-state index contributed by atoms with van der Waals surface area (Å²) in [7, 11) is 0. The SMILES string of the molecule is c1ccc2c(CNCCCC3CCCC3)csc2c1. The summed E-state index contributed by atoms with van der Waals surface area (Å²) in [5, 5.41) is 7.34. The summed E-state index contributed by atoms with van der Waals surface area (Å²) in [6, 6.07) is 8.71. The third-order valence-electron chi connectivity index (χ3n) is 4.32. The predicted molar refractivity (Wildman–Crippen MR) is 84.7 cm³/mol. The first-order valence-corrected chi connectivity index (χ1v) is 8.47. The highest BCUT2D eigenvalue weighted by molar-refractivity contribution is 7.17. The minimum Gasteiger partial charge on any atom is -0.313 e. The van der Waals surface area contributed by atoms with Crippen LogP contribution in [0.25, 0.3) is 10.1 Å². The van der Waals surface area contributed by atoms with Gasteiger partial charge in [-0.2, -0.15) is 0 Å². The van der Waals surface area contributed by atoms with E-state index in [9.17, 15) is 0 Å². The van der Waals surface area contributed by atoms with Gasteiger partial charge in [0.05, 0.1) is 0 Å². The Morgan fingerprint density at radius 2 is 2.00 bits per heavy atom. The Morgan fingerprint density at radius 3 is 2.89 bits per heavy atom. The molecule has 0 amide bonds. The summed E-state index contributed by atoms with van der Waals surface area (Å²) < 4.78 is 1.41. The van der Waals surface area contributed by atoms with Crippen molar-refractivity contribution < 1.29 is 0 Å². The second-order valence-electron chi connectivity index (χ2n) is 5.73. The average Bonchev–Trinajstić information content (AvgIpc) is 3.08. The van der Waals surface area contributed by atoms with E-state index in [1.54, 1.807) is 0 Å². The van der Waals surface area contributed by atoms with Crippen molar-refractivity contribution in [3.05, 3.63) is 35.2 Å². The number of thiophene rings is 1. The van der Waals surface area contributed by atoms with Gasteiger partial charge in [0.15, 0.2) is 0 Å². The number of nitrogens with one attached hydrogen (secondary N) is 1. The number of benzene rings is 1. The van der Waals surface area contributed by atoms with Crippen LogP contribution < -0.4 is 5.32 Å². The molecule has 3 rings (SSSR count). The summed E-state index contributed by atoms with van der Waals surface area (Å²) in [4.78, 5) is 0. The molecule has 2 heteroatoms. The molecule has 1 fully saturated rings. The Hall–Kier alpha value is -0.860. The van der Waals surface area contributed by atoms with Crippen LogP contribution in [-0.2, 0) is 6.54 Å². The van der Waals surface area contributed by atoms with Gasteiger partial charge < -0.3 is 5.32 Å². The first-order chi connectivity index (χ1) is 9.43. The van der Waals surface area contributed by atoms with Gasteiger partial charge in [0.2, 0.25) is 0 Å². The van der Waals surface area contributed by atoms with Crippen molar-refractivity contribution in [2.45, 2.75) is 45.1 Å². The van der Waals surface area contributed by atoms with Crippen molar-refractivity contribution in [2.24, 2.45) is 5.92 Å². The van der Waals surface area contributed by atoms with Crippen LogP contribution in [0.5, 0.6) is 0 Å². The van der Waals surface area contributed by atoms with Crippen LogP contribution in [0.4, 0.5) is 0 Å². The molecule has 0 spiro atoms. The fraction of sp³-hybridized carbons (Fsp3) is 0.529. The highest BCUT2D eigenvalue weighted by Crippen LogP contribution is 2.28. The zero-order valence-corrected chi connectivity index (χ0v) is 12.3. The van der Waals surface area contributed by atoms with E-state index in [-0.39, 0.29) is 0 Å². The molecule has 1 aromatic heterocycles. The van der Waals surface area contributed by atoms with E-state index in [2.05, 4.69) is 35.0 Å². The molecule has 1 N–H and O–H groups in total. The number of rotatable bonds is 6. The molecule has 0 saturated heterocycles. The Labute approximate surface area is 120 Å². The summed E-state index contributed by atoms with van der Waals surface area (Å²) in [6.45, 7) is 2.19. The van der Waals surface area contributed by atoms with Crippen LogP contribution >= 0.6 is 11.3 Å². The topological polar surface area (TPSA) is 12.0 Å². The number of fused-ring (bicyclic) bond motifs is 1. The Morgan fingerprint density at radius 1 is 1.16 bits per heavy atom. The Kier molecular flexibility index (Phi) is 4.52. The molecular formula is C17H23NS. The summed E-state index contributed by atoms with van der Waals surface area (Å²) in [6.07, 6.45) is 8.67. The summed E-state index contributed by atoms with van der Waals surface area (Å²) in [5.74, 6) is 1.03. The lowest BCUT2D eigenvalue weighted by Gasteiger charge is -2.09. The minimum absolute atomic E-state index is 1.02. The van der Waals surface area contributed by atoms with Crippen molar-refractivity contribution in [1.29, 1.82) is 0 Å². The maximum absolute atomic E-state index is 3.61. The second kappa shape index (κ2) is 6.53. The monoisotopic (exact) mass is 273 g/mol. The van der Waals surface area contributed by atoms with E-state index in [1.165, 1.54) is 60.7 Å². The maximum Gasteiger partial charge on any atom is 0.0346 e. The lowest BCUT2D eigenvalue weighted by atomic mass is 10.0. The first-order valence-electron chi connectivity index (χ1n) is 7.59. The standard InChI is InChI=1S/C17H23NS/c1-2-7-14(6-1)8-5-11-18-12-15-13-19-17-10-4-3-9-16(15)17/h3-4,9-10,13-14,18H,1-2,5-8,11-12H2. The van der Waals surface area contributed by atoms with Gasteiger partial charge in [-0.05, 0) is 47.7 Å². The summed E-state index contributed by atoms with van der Waals surface area (Å²) in [5.41, 5.74) is 1.46. The van der Waals surface area contributed by atoms with E-state index >= 15 is 0 Å². The minimum atomic E-state index is 1.02. The van der Waals surface area contributed by atoms with Crippen molar-refractivity contribution in [3.63, 3.8) is 0 Å². The molecule has 0 bridgehead atoms. The van der Waals surface area contributed by atoms with E-state index in [4.69, 9.17) is 0 Å². The maximum atomic E-state index is 3.61. The zero-order valence-electron chi connectivity index (χ0n) is 11.5. The van der Waals surface area contributed by atoms with Crippen LogP contribution in [0.15, 0.2) is 29.6 Å². The molecular weight excluding hydrogens is 250 g/mol. The quantitative estimate of drug-likeness (QED) is 0.733. The number of hydrogen-bond donors (Lipinski definition) is 1. The van der Waals surface area contributed by atoms with Gasteiger partial charge in [0.1, 0.15) is 0 Å². The van der Waals surface area contributed by atoms with Gasteiger partial charge in [0.25, 0.3) is 0 Å². The van der Waals surface area contributed by atoms with Gasteiger partial charge in [-0.25, -0.2) is 0 Å². The molecule has 1 saturated carbocycles. The number of hydrogen-bond acceptors (Lipinski definition) is 2. The third kappa shape index (κ3) is 3.37. The largest absolute Gasteiger partial charge is 0.313 e. The van der Waals surface area contributed by atoms with Crippen molar-refractivity contribution in [3.8, 4) is 0 Å².